The summed E-state index contributed by atoms with van der Waals surface area (Å²) in [5, 5.41) is 21.3. The first kappa shape index (κ1) is 17.7. The fourth-order valence-corrected chi connectivity index (χ4v) is 2.34. The van der Waals surface area contributed by atoms with E-state index in [-0.39, 0.29) is 0 Å². The van der Waals surface area contributed by atoms with Gasteiger partial charge in [0.15, 0.2) is 0 Å². The Morgan fingerprint density at radius 1 is 1.04 bits per heavy atom. The summed E-state index contributed by atoms with van der Waals surface area (Å²) >= 11 is 0. The Balaban J connectivity index is 2.63. The second-order valence-electron chi connectivity index (χ2n) is 5.46. The van der Waals surface area contributed by atoms with E-state index < -0.39 is 33.5 Å². The molecule has 0 saturated heterocycles. The summed E-state index contributed by atoms with van der Waals surface area (Å²) in [6, 6.07) is 9.09. The number of benzene rings is 2. The van der Waals surface area contributed by atoms with Crippen LogP contribution in [0.5, 0.6) is 0 Å². The minimum absolute atomic E-state index is 0.416. The standard InChI is InChI=1S/C16H15F3N2O3/c1-20(2)13-8-6-11(7-9-13)15(22,16(17,18)19)12-4-3-5-14(10-12)21(23)24/h3-10,22H,1-2H3. The van der Waals surface area contributed by atoms with Crippen LogP contribution in [0.15, 0.2) is 48.5 Å². The van der Waals surface area contributed by atoms with Crippen LogP contribution < -0.4 is 4.90 Å². The van der Waals surface area contributed by atoms with Gasteiger partial charge in [0.25, 0.3) is 5.69 Å². The quantitative estimate of drug-likeness (QED) is 0.684. The monoisotopic (exact) mass is 340 g/mol. The second-order valence-corrected chi connectivity index (χ2v) is 5.46. The molecule has 1 atom stereocenters. The summed E-state index contributed by atoms with van der Waals surface area (Å²) in [5.41, 5.74) is -4.24. The highest BCUT2D eigenvalue weighted by Gasteiger charge is 2.56. The first-order valence-corrected chi connectivity index (χ1v) is 6.89. The SMILES string of the molecule is CN(C)c1ccc(C(O)(c2cccc([N+](=O)[O-])c2)C(F)(F)F)cc1. The maximum absolute atomic E-state index is 13.6. The molecule has 0 fully saturated rings. The summed E-state index contributed by atoms with van der Waals surface area (Å²) in [5.74, 6) is 0. The molecule has 0 aliphatic carbocycles. The normalized spacial score (nSPS) is 14.1. The van der Waals surface area contributed by atoms with Crippen molar-refractivity contribution in [3.8, 4) is 0 Å². The van der Waals surface area contributed by atoms with Crippen molar-refractivity contribution in [2.24, 2.45) is 0 Å². The molecule has 8 heteroatoms. The lowest BCUT2D eigenvalue weighted by Crippen LogP contribution is -2.43. The highest BCUT2D eigenvalue weighted by molar-refractivity contribution is 5.50. The first-order valence-electron chi connectivity index (χ1n) is 6.89. The summed E-state index contributed by atoms with van der Waals surface area (Å²) in [7, 11) is 3.46. The van der Waals surface area contributed by atoms with Crippen LogP contribution in [-0.4, -0.2) is 30.3 Å². The van der Waals surface area contributed by atoms with Crippen LogP contribution in [0.2, 0.25) is 0 Å². The highest BCUT2D eigenvalue weighted by atomic mass is 19.4. The van der Waals surface area contributed by atoms with E-state index in [2.05, 4.69) is 0 Å². The minimum atomic E-state index is -5.05. The van der Waals surface area contributed by atoms with Crippen molar-refractivity contribution in [1.82, 2.24) is 0 Å². The molecule has 1 N–H and O–H groups in total. The summed E-state index contributed by atoms with van der Waals surface area (Å²) in [4.78, 5) is 11.7. The molecule has 24 heavy (non-hydrogen) atoms. The van der Waals surface area contributed by atoms with Gasteiger partial charge in [0.05, 0.1) is 4.92 Å². The number of non-ortho nitro benzene ring substituents is 1. The van der Waals surface area contributed by atoms with Gasteiger partial charge in [0.1, 0.15) is 0 Å². The van der Waals surface area contributed by atoms with E-state index in [0.29, 0.717) is 5.69 Å². The number of hydrogen-bond acceptors (Lipinski definition) is 4. The van der Waals surface area contributed by atoms with Crippen LogP contribution >= 0.6 is 0 Å². The zero-order chi connectivity index (χ0) is 18.1. The third kappa shape index (κ3) is 3.05. The number of aliphatic hydroxyl groups is 1. The summed E-state index contributed by atoms with van der Waals surface area (Å²) < 4.78 is 40.9. The molecule has 0 radical (unpaired) electrons. The van der Waals surface area contributed by atoms with Gasteiger partial charge in [-0.1, -0.05) is 24.3 Å². The van der Waals surface area contributed by atoms with Gasteiger partial charge in [-0.05, 0) is 17.7 Å². The molecule has 128 valence electrons. The van der Waals surface area contributed by atoms with Gasteiger partial charge in [-0.3, -0.25) is 10.1 Å². The fourth-order valence-electron chi connectivity index (χ4n) is 2.34. The zero-order valence-corrected chi connectivity index (χ0v) is 12.9. The number of anilines is 1. The Labute approximate surface area is 136 Å². The average molecular weight is 340 g/mol. The third-order valence-corrected chi connectivity index (χ3v) is 3.69. The van der Waals surface area contributed by atoms with Crippen molar-refractivity contribution < 1.29 is 23.2 Å². The van der Waals surface area contributed by atoms with Crippen LogP contribution in [0.4, 0.5) is 24.5 Å². The van der Waals surface area contributed by atoms with E-state index in [9.17, 15) is 28.4 Å². The molecule has 0 spiro atoms. The van der Waals surface area contributed by atoms with Crippen LogP contribution in [0.3, 0.4) is 0 Å². The van der Waals surface area contributed by atoms with Crippen LogP contribution in [0.25, 0.3) is 0 Å². The van der Waals surface area contributed by atoms with Crippen LogP contribution in [0.1, 0.15) is 11.1 Å². The number of rotatable bonds is 4. The number of halogens is 3. The first-order chi connectivity index (χ1) is 11.1. The number of nitrogens with zero attached hydrogens (tertiary/aromatic N) is 2. The topological polar surface area (TPSA) is 66.6 Å². The number of hydrogen-bond donors (Lipinski definition) is 1. The zero-order valence-electron chi connectivity index (χ0n) is 12.9. The van der Waals surface area contributed by atoms with Gasteiger partial charge in [-0.15, -0.1) is 0 Å². The Morgan fingerprint density at radius 3 is 2.08 bits per heavy atom. The molecule has 2 rings (SSSR count). The molecule has 0 amide bonds. The van der Waals surface area contributed by atoms with Crippen molar-refractivity contribution in [3.63, 3.8) is 0 Å². The summed E-state index contributed by atoms with van der Waals surface area (Å²) in [6.45, 7) is 0. The molecule has 5 nitrogen and oxygen atoms in total. The van der Waals surface area contributed by atoms with Crippen LogP contribution in [-0.2, 0) is 5.60 Å². The van der Waals surface area contributed by atoms with Crippen molar-refractivity contribution in [3.05, 3.63) is 69.8 Å². The maximum Gasteiger partial charge on any atom is 0.425 e. The van der Waals surface area contributed by atoms with E-state index in [1.54, 1.807) is 19.0 Å². The molecule has 2 aromatic rings. The van der Waals surface area contributed by atoms with Gasteiger partial charge in [-0.25, -0.2) is 0 Å². The van der Waals surface area contributed by atoms with Crippen LogP contribution in [0, 0.1) is 10.1 Å². The minimum Gasteiger partial charge on any atom is -0.378 e. The Hall–Kier alpha value is -2.61. The van der Waals surface area contributed by atoms with E-state index in [1.165, 1.54) is 12.1 Å². The predicted molar refractivity (Wildman–Crippen MR) is 82.9 cm³/mol. The van der Waals surface area contributed by atoms with Crippen molar-refractivity contribution >= 4 is 11.4 Å². The van der Waals surface area contributed by atoms with E-state index >= 15 is 0 Å². The number of nitro groups is 1. The smallest absolute Gasteiger partial charge is 0.378 e. The lowest BCUT2D eigenvalue weighted by molar-refractivity contribution is -0.385. The molecule has 0 aromatic heterocycles. The molecule has 2 aromatic carbocycles. The van der Waals surface area contributed by atoms with Gasteiger partial charge in [-0.2, -0.15) is 13.2 Å². The molecule has 0 heterocycles. The van der Waals surface area contributed by atoms with Crippen molar-refractivity contribution in [1.29, 1.82) is 0 Å². The van der Waals surface area contributed by atoms with Gasteiger partial charge < -0.3 is 10.0 Å². The van der Waals surface area contributed by atoms with E-state index in [4.69, 9.17) is 0 Å². The molecule has 0 saturated carbocycles. The average Bonchev–Trinajstić information content (AvgIpc) is 2.53. The Morgan fingerprint density at radius 2 is 1.62 bits per heavy atom. The number of alkyl halides is 3. The molecular weight excluding hydrogens is 325 g/mol. The highest BCUT2D eigenvalue weighted by Crippen LogP contribution is 2.45. The third-order valence-electron chi connectivity index (χ3n) is 3.69. The number of nitro benzene ring substituents is 1. The predicted octanol–water partition coefficient (Wildman–Crippen LogP) is 3.46. The lowest BCUT2D eigenvalue weighted by atomic mass is 9.85. The second kappa shape index (κ2) is 6.12. The van der Waals surface area contributed by atoms with Gasteiger partial charge in [0, 0.05) is 37.5 Å². The molecule has 0 bridgehead atoms. The summed E-state index contributed by atoms with van der Waals surface area (Å²) in [6.07, 6.45) is -5.05. The Bertz CT molecular complexity index is 745. The largest absolute Gasteiger partial charge is 0.425 e. The van der Waals surface area contributed by atoms with E-state index in [0.717, 1.165) is 36.4 Å². The van der Waals surface area contributed by atoms with Crippen molar-refractivity contribution in [2.45, 2.75) is 11.8 Å². The Kier molecular flexibility index (Phi) is 4.52. The molecule has 0 aliphatic heterocycles. The molecule has 1 unspecified atom stereocenters. The van der Waals surface area contributed by atoms with E-state index in [1.807, 2.05) is 0 Å². The lowest BCUT2D eigenvalue weighted by Gasteiger charge is -2.31. The van der Waals surface area contributed by atoms with Gasteiger partial charge >= 0.3 is 6.18 Å². The molecular formula is C16H15F3N2O3. The van der Waals surface area contributed by atoms with Gasteiger partial charge in [0.2, 0.25) is 5.60 Å². The fraction of sp³-hybridized carbons (Fsp3) is 0.250. The maximum atomic E-state index is 13.6. The van der Waals surface area contributed by atoms with Crippen molar-refractivity contribution in [2.75, 3.05) is 19.0 Å². The molecule has 0 aliphatic rings.